The summed E-state index contributed by atoms with van der Waals surface area (Å²) >= 11 is 3.61. The van der Waals surface area contributed by atoms with Crippen LogP contribution in [0.3, 0.4) is 0 Å². The largest absolute Gasteiger partial charge is 0.384 e. The third kappa shape index (κ3) is 4.44. The Morgan fingerprint density at radius 1 is 1.60 bits per heavy atom. The van der Waals surface area contributed by atoms with Crippen molar-refractivity contribution in [1.82, 2.24) is 9.97 Å². The lowest BCUT2D eigenvalue weighted by Crippen LogP contribution is -2.43. The minimum atomic E-state index is -0.0842. The van der Waals surface area contributed by atoms with Crippen LogP contribution in [0.25, 0.3) is 11.0 Å². The van der Waals surface area contributed by atoms with Gasteiger partial charge in [0.2, 0.25) is 5.91 Å². The summed E-state index contributed by atoms with van der Waals surface area (Å²) in [6.45, 7) is 2.12. The quantitative estimate of drug-likeness (QED) is 0.675. The summed E-state index contributed by atoms with van der Waals surface area (Å²) in [5.41, 5.74) is 8.64. The molecule has 0 aromatic carbocycles. The zero-order valence-electron chi connectivity index (χ0n) is 14.0. The molecule has 138 valence electrons. The van der Waals surface area contributed by atoms with Crippen LogP contribution in [0.1, 0.15) is 19.3 Å². The highest BCUT2D eigenvalue weighted by Gasteiger charge is 2.23. The molecule has 2 aromatic heterocycles. The van der Waals surface area contributed by atoms with E-state index in [4.69, 9.17) is 10.5 Å². The molecule has 9 heteroatoms. The summed E-state index contributed by atoms with van der Waals surface area (Å²) < 4.78 is 5.86. The molecule has 3 rings (SSSR count). The number of piperidine rings is 1. The molecule has 2 aromatic rings. The average Bonchev–Trinajstić information content (AvgIpc) is 2.95. The lowest BCUT2D eigenvalue weighted by atomic mass is 10.1. The maximum atomic E-state index is 12.1. The van der Waals surface area contributed by atoms with Gasteiger partial charge in [-0.1, -0.05) is 0 Å². The molecule has 1 amide bonds. The Kier molecular flexibility index (Phi) is 7.06. The van der Waals surface area contributed by atoms with Crippen molar-refractivity contribution in [3.05, 3.63) is 16.9 Å². The van der Waals surface area contributed by atoms with Gasteiger partial charge < -0.3 is 25.7 Å². The first kappa shape index (κ1) is 20.0. The number of amides is 1. The van der Waals surface area contributed by atoms with Crippen molar-refractivity contribution < 1.29 is 9.53 Å². The van der Waals surface area contributed by atoms with Crippen LogP contribution in [-0.4, -0.2) is 48.7 Å². The molecule has 1 atom stereocenters. The van der Waals surface area contributed by atoms with E-state index in [9.17, 15) is 4.79 Å². The summed E-state index contributed by atoms with van der Waals surface area (Å²) in [5, 5.41) is 3.86. The van der Waals surface area contributed by atoms with E-state index in [0.717, 1.165) is 52.8 Å². The van der Waals surface area contributed by atoms with Crippen molar-refractivity contribution in [3.8, 4) is 0 Å². The number of hydrogen-bond acceptors (Lipinski definition) is 5. The van der Waals surface area contributed by atoms with Gasteiger partial charge in [0.05, 0.1) is 34.3 Å². The molecule has 1 aliphatic rings. The fourth-order valence-electron chi connectivity index (χ4n) is 3.08. The molecular formula is C16H23BrClN5O2. The van der Waals surface area contributed by atoms with Gasteiger partial charge in [0.1, 0.15) is 5.65 Å². The van der Waals surface area contributed by atoms with E-state index in [1.165, 1.54) is 0 Å². The molecule has 0 unspecified atom stereocenters. The fourth-order valence-corrected chi connectivity index (χ4v) is 3.64. The number of fused-ring (bicyclic) bond motifs is 1. The zero-order chi connectivity index (χ0) is 17.1. The number of anilines is 2. The third-order valence-electron chi connectivity index (χ3n) is 4.21. The van der Waals surface area contributed by atoms with Gasteiger partial charge in [0.15, 0.2) is 0 Å². The van der Waals surface area contributed by atoms with Gasteiger partial charge in [-0.2, -0.15) is 0 Å². The van der Waals surface area contributed by atoms with E-state index in [1.807, 2.05) is 0 Å². The summed E-state index contributed by atoms with van der Waals surface area (Å²) in [4.78, 5) is 21.9. The third-order valence-corrected chi connectivity index (χ3v) is 4.79. The van der Waals surface area contributed by atoms with Crippen LogP contribution >= 0.6 is 28.3 Å². The number of halogens is 2. The molecule has 7 nitrogen and oxygen atoms in total. The predicted molar refractivity (Wildman–Crippen MR) is 106 cm³/mol. The second-order valence-electron chi connectivity index (χ2n) is 6.02. The average molecular weight is 433 g/mol. The second-order valence-corrected chi connectivity index (χ2v) is 6.87. The Balaban J connectivity index is 0.00000225. The Hall–Kier alpha value is -1.35. The molecule has 0 aliphatic carbocycles. The lowest BCUT2D eigenvalue weighted by molar-refractivity contribution is -0.117. The van der Waals surface area contributed by atoms with Gasteiger partial charge in [-0.25, -0.2) is 4.98 Å². The van der Waals surface area contributed by atoms with E-state index in [1.54, 1.807) is 19.5 Å². The molecule has 0 bridgehead atoms. The SMILES string of the molecule is COCCC(=O)Nc1c[nH]c2ncc(Br)c(N3CCC[C@@H](N)C3)c12.Cl. The summed E-state index contributed by atoms with van der Waals surface area (Å²) in [6.07, 6.45) is 5.97. The van der Waals surface area contributed by atoms with Crippen molar-refractivity contribution in [2.24, 2.45) is 5.73 Å². The van der Waals surface area contributed by atoms with E-state index in [0.29, 0.717) is 13.0 Å². The molecule has 0 saturated carbocycles. The molecule has 1 aliphatic heterocycles. The molecule has 1 saturated heterocycles. The van der Waals surface area contributed by atoms with Crippen LogP contribution in [0.5, 0.6) is 0 Å². The van der Waals surface area contributed by atoms with E-state index < -0.39 is 0 Å². The number of H-pyrrole nitrogens is 1. The van der Waals surface area contributed by atoms with Gasteiger partial charge >= 0.3 is 0 Å². The number of nitrogens with zero attached hydrogens (tertiary/aromatic N) is 2. The summed E-state index contributed by atoms with van der Waals surface area (Å²) in [5.74, 6) is -0.0842. The van der Waals surface area contributed by atoms with Crippen molar-refractivity contribution in [1.29, 1.82) is 0 Å². The minimum Gasteiger partial charge on any atom is -0.384 e. The molecule has 3 heterocycles. The smallest absolute Gasteiger partial charge is 0.226 e. The molecule has 4 N–H and O–H groups in total. The van der Waals surface area contributed by atoms with Crippen LogP contribution in [0, 0.1) is 0 Å². The zero-order valence-corrected chi connectivity index (χ0v) is 16.5. The number of aromatic nitrogens is 2. The van der Waals surface area contributed by atoms with Crippen molar-refractivity contribution >= 4 is 56.7 Å². The first-order valence-corrected chi connectivity index (χ1v) is 8.84. The van der Waals surface area contributed by atoms with Crippen LogP contribution in [0.4, 0.5) is 11.4 Å². The number of pyridine rings is 1. The van der Waals surface area contributed by atoms with Crippen LogP contribution in [-0.2, 0) is 9.53 Å². The van der Waals surface area contributed by atoms with Crippen molar-refractivity contribution in [2.75, 3.05) is 37.0 Å². The normalized spacial score (nSPS) is 17.4. The van der Waals surface area contributed by atoms with Crippen LogP contribution < -0.4 is 16.0 Å². The molecule has 25 heavy (non-hydrogen) atoms. The highest BCUT2D eigenvalue weighted by atomic mass is 79.9. The number of nitrogens with one attached hydrogen (secondary N) is 2. The maximum absolute atomic E-state index is 12.1. The van der Waals surface area contributed by atoms with E-state index in [2.05, 4.69) is 36.1 Å². The van der Waals surface area contributed by atoms with E-state index >= 15 is 0 Å². The summed E-state index contributed by atoms with van der Waals surface area (Å²) in [7, 11) is 1.58. The Morgan fingerprint density at radius 2 is 2.40 bits per heavy atom. The van der Waals surface area contributed by atoms with Gasteiger partial charge in [-0.15, -0.1) is 12.4 Å². The highest BCUT2D eigenvalue weighted by molar-refractivity contribution is 9.10. The molecular weight excluding hydrogens is 410 g/mol. The molecule has 0 spiro atoms. The summed E-state index contributed by atoms with van der Waals surface area (Å²) in [6, 6.07) is 0.160. The van der Waals surface area contributed by atoms with Gasteiger partial charge in [-0.05, 0) is 28.8 Å². The fraction of sp³-hybridized carbons (Fsp3) is 0.500. The maximum Gasteiger partial charge on any atom is 0.226 e. The number of carbonyl (C=O) groups is 1. The predicted octanol–water partition coefficient (Wildman–Crippen LogP) is 2.65. The number of nitrogens with two attached hydrogens (primary N) is 1. The van der Waals surface area contributed by atoms with Crippen LogP contribution in [0.15, 0.2) is 16.9 Å². The van der Waals surface area contributed by atoms with Gasteiger partial charge in [0.25, 0.3) is 0 Å². The number of hydrogen-bond donors (Lipinski definition) is 3. The number of rotatable bonds is 5. The first-order chi connectivity index (χ1) is 11.6. The highest BCUT2D eigenvalue weighted by Crippen LogP contribution is 2.38. The Bertz CT molecular complexity index is 739. The molecule has 0 radical (unpaired) electrons. The number of aromatic amines is 1. The van der Waals surface area contributed by atoms with Crippen LogP contribution in [0.2, 0.25) is 0 Å². The first-order valence-electron chi connectivity index (χ1n) is 8.05. The van der Waals surface area contributed by atoms with Gasteiger partial charge in [0, 0.05) is 38.6 Å². The minimum absolute atomic E-state index is 0. The molecule has 1 fully saturated rings. The van der Waals surface area contributed by atoms with Crippen molar-refractivity contribution in [2.45, 2.75) is 25.3 Å². The lowest BCUT2D eigenvalue weighted by Gasteiger charge is -2.33. The van der Waals surface area contributed by atoms with Gasteiger partial charge in [-0.3, -0.25) is 4.79 Å². The van der Waals surface area contributed by atoms with E-state index in [-0.39, 0.29) is 24.4 Å². The van der Waals surface area contributed by atoms with Crippen molar-refractivity contribution in [3.63, 3.8) is 0 Å². The number of ether oxygens (including phenoxy) is 1. The second kappa shape index (κ2) is 8.84. The topological polar surface area (TPSA) is 96.3 Å². The Morgan fingerprint density at radius 3 is 3.12 bits per heavy atom. The standard InChI is InChI=1S/C16H22BrN5O2.ClH/c1-24-6-4-13(23)21-12-8-20-16-14(12)15(11(17)7-19-16)22-5-2-3-10(18)9-22;/h7-8,10H,2-6,9,18H2,1H3,(H,19,20)(H,21,23);1H/t10-;/m1./s1. The number of carbonyl (C=O) groups excluding carboxylic acids is 1. The number of methoxy groups -OCH3 is 1. The Labute approximate surface area is 161 Å². The monoisotopic (exact) mass is 431 g/mol.